The number of benzene rings is 1. The normalized spacial score (nSPS) is 15.1. The van der Waals surface area contributed by atoms with Gasteiger partial charge in [-0.25, -0.2) is 0 Å². The minimum Gasteiger partial charge on any atom is -0.324 e. The Morgan fingerprint density at radius 3 is 2.60 bits per heavy atom. The smallest absolute Gasteiger partial charge is 0.255 e. The molecule has 106 valence electrons. The van der Waals surface area contributed by atoms with Gasteiger partial charge in [0.15, 0.2) is 5.78 Å². The summed E-state index contributed by atoms with van der Waals surface area (Å²) >= 11 is 0. The molecular weight excluding hydrogens is 254 g/mol. The van der Waals surface area contributed by atoms with E-state index in [9.17, 15) is 14.4 Å². The molecule has 1 atom stereocenters. The fourth-order valence-corrected chi connectivity index (χ4v) is 2.58. The highest BCUT2D eigenvalue weighted by molar-refractivity contribution is 6.01. The number of ketones is 2. The van der Waals surface area contributed by atoms with Crippen molar-refractivity contribution >= 4 is 17.5 Å². The molecule has 20 heavy (non-hydrogen) atoms. The van der Waals surface area contributed by atoms with Crippen LogP contribution in [-0.2, 0) is 16.1 Å². The summed E-state index contributed by atoms with van der Waals surface area (Å²) in [4.78, 5) is 37.2. The molecule has 1 aromatic carbocycles. The minimum absolute atomic E-state index is 0.0601. The van der Waals surface area contributed by atoms with Crippen molar-refractivity contribution in [1.29, 1.82) is 0 Å². The SMILES string of the molecule is CCC(=O)CCC(C(C)=O)N1Cc2ccccc2C1=O. The second-order valence-corrected chi connectivity index (χ2v) is 5.15. The van der Waals surface area contributed by atoms with Crippen molar-refractivity contribution in [1.82, 2.24) is 4.90 Å². The summed E-state index contributed by atoms with van der Waals surface area (Å²) in [6.45, 7) is 3.75. The van der Waals surface area contributed by atoms with E-state index in [1.165, 1.54) is 6.92 Å². The van der Waals surface area contributed by atoms with Crippen LogP contribution in [0.3, 0.4) is 0 Å². The second-order valence-electron chi connectivity index (χ2n) is 5.15. The van der Waals surface area contributed by atoms with Crippen molar-refractivity contribution < 1.29 is 14.4 Å². The number of Topliss-reactive ketones (excluding diaryl/α,β-unsaturated/α-hetero) is 2. The Hall–Kier alpha value is -1.97. The summed E-state index contributed by atoms with van der Waals surface area (Å²) in [5, 5.41) is 0. The van der Waals surface area contributed by atoms with Gasteiger partial charge in [0.25, 0.3) is 5.91 Å². The third-order valence-corrected chi connectivity index (χ3v) is 3.79. The Kier molecular flexibility index (Phi) is 4.32. The molecule has 1 heterocycles. The average molecular weight is 273 g/mol. The Morgan fingerprint density at radius 2 is 2.00 bits per heavy atom. The Balaban J connectivity index is 2.14. The van der Waals surface area contributed by atoms with E-state index in [0.717, 1.165) is 5.56 Å². The molecule has 0 spiro atoms. The van der Waals surface area contributed by atoms with Gasteiger partial charge in [-0.2, -0.15) is 0 Å². The first-order valence-electron chi connectivity index (χ1n) is 6.95. The summed E-state index contributed by atoms with van der Waals surface area (Å²) in [5.41, 5.74) is 1.62. The Labute approximate surface area is 118 Å². The quantitative estimate of drug-likeness (QED) is 0.799. The molecule has 1 aliphatic heterocycles. The number of nitrogens with zero attached hydrogens (tertiary/aromatic N) is 1. The largest absolute Gasteiger partial charge is 0.324 e. The predicted octanol–water partition coefficient (Wildman–Crippen LogP) is 2.36. The molecule has 0 aromatic heterocycles. The third-order valence-electron chi connectivity index (χ3n) is 3.79. The lowest BCUT2D eigenvalue weighted by atomic mass is 10.0. The molecule has 0 saturated carbocycles. The Bertz CT molecular complexity index is 550. The van der Waals surface area contributed by atoms with Gasteiger partial charge < -0.3 is 4.90 Å². The topological polar surface area (TPSA) is 54.5 Å². The number of fused-ring (bicyclic) bond motifs is 1. The number of carbonyl (C=O) groups is 3. The number of hydrogen-bond acceptors (Lipinski definition) is 3. The fraction of sp³-hybridized carbons (Fsp3) is 0.438. The van der Waals surface area contributed by atoms with Crippen LogP contribution in [0.4, 0.5) is 0 Å². The molecule has 4 heteroatoms. The van der Waals surface area contributed by atoms with Gasteiger partial charge in [0.1, 0.15) is 5.78 Å². The maximum Gasteiger partial charge on any atom is 0.255 e. The molecule has 0 radical (unpaired) electrons. The van der Waals surface area contributed by atoms with Crippen molar-refractivity contribution in [3.63, 3.8) is 0 Å². The zero-order valence-electron chi connectivity index (χ0n) is 11.9. The molecule has 4 nitrogen and oxygen atoms in total. The molecule has 0 saturated heterocycles. The van der Waals surface area contributed by atoms with Crippen LogP contribution in [0.2, 0.25) is 0 Å². The van der Waals surface area contributed by atoms with Crippen molar-refractivity contribution in [3.8, 4) is 0 Å². The van der Waals surface area contributed by atoms with Crippen molar-refractivity contribution in [3.05, 3.63) is 35.4 Å². The van der Waals surface area contributed by atoms with E-state index in [0.29, 0.717) is 31.4 Å². The van der Waals surface area contributed by atoms with Crippen LogP contribution in [-0.4, -0.2) is 28.4 Å². The van der Waals surface area contributed by atoms with Gasteiger partial charge in [0.2, 0.25) is 0 Å². The number of carbonyl (C=O) groups excluding carboxylic acids is 3. The van der Waals surface area contributed by atoms with E-state index >= 15 is 0 Å². The van der Waals surface area contributed by atoms with Crippen LogP contribution in [0.25, 0.3) is 0 Å². The van der Waals surface area contributed by atoms with Crippen molar-refractivity contribution in [2.24, 2.45) is 0 Å². The van der Waals surface area contributed by atoms with Crippen LogP contribution < -0.4 is 0 Å². The number of amides is 1. The maximum absolute atomic E-state index is 12.3. The van der Waals surface area contributed by atoms with E-state index in [2.05, 4.69) is 0 Å². The molecule has 2 rings (SSSR count). The van der Waals surface area contributed by atoms with E-state index < -0.39 is 6.04 Å². The number of hydrogen-bond donors (Lipinski definition) is 0. The highest BCUT2D eigenvalue weighted by Crippen LogP contribution is 2.26. The van der Waals surface area contributed by atoms with Crippen molar-refractivity contribution in [2.45, 2.75) is 45.7 Å². The standard InChI is InChI=1S/C16H19NO3/c1-3-13(19)8-9-15(11(2)18)17-10-12-6-4-5-7-14(12)16(17)20/h4-7,15H,3,8-10H2,1-2H3. The third kappa shape index (κ3) is 2.79. The lowest BCUT2D eigenvalue weighted by molar-refractivity contribution is -0.122. The summed E-state index contributed by atoms with van der Waals surface area (Å²) in [6.07, 6.45) is 1.24. The number of rotatable bonds is 6. The highest BCUT2D eigenvalue weighted by Gasteiger charge is 2.34. The first kappa shape index (κ1) is 14.4. The van der Waals surface area contributed by atoms with Crippen LogP contribution >= 0.6 is 0 Å². The summed E-state index contributed by atoms with van der Waals surface area (Å²) in [5.74, 6) is -0.0415. The van der Waals surface area contributed by atoms with Gasteiger partial charge in [-0.15, -0.1) is 0 Å². The highest BCUT2D eigenvalue weighted by atomic mass is 16.2. The summed E-state index contributed by atoms with van der Waals surface area (Å²) < 4.78 is 0. The zero-order valence-corrected chi connectivity index (χ0v) is 11.9. The van der Waals surface area contributed by atoms with Gasteiger partial charge >= 0.3 is 0 Å². The minimum atomic E-state index is -0.495. The maximum atomic E-state index is 12.3. The van der Waals surface area contributed by atoms with Gasteiger partial charge in [0.05, 0.1) is 6.04 Å². The molecule has 0 aliphatic carbocycles. The van der Waals surface area contributed by atoms with Crippen molar-refractivity contribution in [2.75, 3.05) is 0 Å². The average Bonchev–Trinajstić information content (AvgIpc) is 2.76. The van der Waals surface area contributed by atoms with Gasteiger partial charge in [0, 0.05) is 24.9 Å². The monoisotopic (exact) mass is 273 g/mol. The molecule has 0 fully saturated rings. The van der Waals surface area contributed by atoms with Crippen LogP contribution in [0.1, 0.15) is 49.0 Å². The molecule has 1 aromatic rings. The molecule has 1 aliphatic rings. The Morgan fingerprint density at radius 1 is 1.30 bits per heavy atom. The molecular formula is C16H19NO3. The van der Waals surface area contributed by atoms with Gasteiger partial charge in [-0.3, -0.25) is 14.4 Å². The van der Waals surface area contributed by atoms with Crippen LogP contribution in [0, 0.1) is 0 Å². The molecule has 1 amide bonds. The second kappa shape index (κ2) is 5.99. The molecule has 0 N–H and O–H groups in total. The van der Waals surface area contributed by atoms with E-state index in [1.54, 1.807) is 11.0 Å². The van der Waals surface area contributed by atoms with E-state index in [-0.39, 0.29) is 17.5 Å². The van der Waals surface area contributed by atoms with Crippen LogP contribution in [0.5, 0.6) is 0 Å². The lowest BCUT2D eigenvalue weighted by Crippen LogP contribution is -2.40. The van der Waals surface area contributed by atoms with Gasteiger partial charge in [-0.1, -0.05) is 25.1 Å². The zero-order chi connectivity index (χ0) is 14.7. The van der Waals surface area contributed by atoms with Crippen LogP contribution in [0.15, 0.2) is 24.3 Å². The van der Waals surface area contributed by atoms with Gasteiger partial charge in [-0.05, 0) is 25.0 Å². The summed E-state index contributed by atoms with van der Waals surface area (Å²) in [7, 11) is 0. The first-order chi connectivity index (χ1) is 9.54. The first-order valence-corrected chi connectivity index (χ1v) is 6.95. The predicted molar refractivity (Wildman–Crippen MR) is 75.3 cm³/mol. The molecule has 1 unspecified atom stereocenters. The van der Waals surface area contributed by atoms with E-state index in [4.69, 9.17) is 0 Å². The summed E-state index contributed by atoms with van der Waals surface area (Å²) in [6, 6.07) is 6.90. The van der Waals surface area contributed by atoms with E-state index in [1.807, 2.05) is 25.1 Å². The molecule has 0 bridgehead atoms. The fourth-order valence-electron chi connectivity index (χ4n) is 2.58. The lowest BCUT2D eigenvalue weighted by Gasteiger charge is -2.25.